The molecule has 0 saturated heterocycles. The third kappa shape index (κ3) is 2.63. The second-order valence-corrected chi connectivity index (χ2v) is 5.99. The molecule has 1 N–H and O–H groups in total. The van der Waals surface area contributed by atoms with E-state index >= 15 is 0 Å². The van der Waals surface area contributed by atoms with Gasteiger partial charge in [0.2, 0.25) is 10.0 Å². The highest BCUT2D eigenvalue weighted by atomic mass is 35.5. The number of halogens is 1. The predicted molar refractivity (Wildman–Crippen MR) is 72.2 cm³/mol. The summed E-state index contributed by atoms with van der Waals surface area (Å²) < 4.78 is 27.0. The molecule has 0 aliphatic rings. The number of rotatable bonds is 4. The van der Waals surface area contributed by atoms with Gasteiger partial charge >= 0.3 is 0 Å². The molecule has 2 rings (SSSR count). The van der Waals surface area contributed by atoms with Crippen molar-refractivity contribution in [2.24, 2.45) is 0 Å². The van der Waals surface area contributed by atoms with Crippen molar-refractivity contribution in [3.63, 3.8) is 0 Å². The molecule has 18 heavy (non-hydrogen) atoms. The molecule has 4 nitrogen and oxygen atoms in total. The van der Waals surface area contributed by atoms with Gasteiger partial charge in [0.25, 0.3) is 0 Å². The molecule has 1 aromatic heterocycles. The van der Waals surface area contributed by atoms with Crippen LogP contribution in [-0.2, 0) is 10.0 Å². The van der Waals surface area contributed by atoms with Crippen LogP contribution in [0, 0.1) is 0 Å². The van der Waals surface area contributed by atoms with E-state index in [2.05, 4.69) is 9.71 Å². The number of hydrogen-bond donors (Lipinski definition) is 1. The number of nitrogens with one attached hydrogen (secondary N) is 1. The Balaban J connectivity index is 2.54. The zero-order valence-electron chi connectivity index (χ0n) is 9.80. The van der Waals surface area contributed by atoms with Gasteiger partial charge in [-0.3, -0.25) is 4.98 Å². The van der Waals surface area contributed by atoms with Gasteiger partial charge in [0.15, 0.2) is 0 Å². The molecular formula is C12H13ClN2O2S. The molecule has 0 aliphatic heterocycles. The highest BCUT2D eigenvalue weighted by Gasteiger charge is 2.19. The topological polar surface area (TPSA) is 59.1 Å². The first-order valence-corrected chi connectivity index (χ1v) is 7.48. The third-order valence-electron chi connectivity index (χ3n) is 2.48. The molecular weight excluding hydrogens is 272 g/mol. The van der Waals surface area contributed by atoms with Crippen molar-refractivity contribution < 1.29 is 8.42 Å². The molecule has 0 radical (unpaired) electrons. The van der Waals surface area contributed by atoms with Gasteiger partial charge in [0, 0.05) is 23.5 Å². The minimum absolute atomic E-state index is 0.224. The lowest BCUT2D eigenvalue weighted by molar-refractivity contribution is 0.571. The molecule has 1 unspecified atom stereocenters. The summed E-state index contributed by atoms with van der Waals surface area (Å²) in [7, 11) is -3.57. The molecule has 0 spiro atoms. The number of nitrogens with zero attached hydrogens (tertiary/aromatic N) is 1. The van der Waals surface area contributed by atoms with Crippen molar-refractivity contribution in [1.29, 1.82) is 0 Å². The number of aromatic nitrogens is 1. The van der Waals surface area contributed by atoms with E-state index in [4.69, 9.17) is 11.6 Å². The third-order valence-corrected chi connectivity index (χ3v) is 4.59. The van der Waals surface area contributed by atoms with Crippen molar-refractivity contribution in [2.45, 2.75) is 17.9 Å². The summed E-state index contributed by atoms with van der Waals surface area (Å²) in [5.41, 5.74) is 0.652. The maximum Gasteiger partial charge on any atom is 0.241 e. The smallest absolute Gasteiger partial charge is 0.241 e. The largest absolute Gasteiger partial charge is 0.256 e. The summed E-state index contributed by atoms with van der Waals surface area (Å²) >= 11 is 5.62. The molecule has 0 aliphatic carbocycles. The zero-order valence-corrected chi connectivity index (χ0v) is 11.4. The minimum Gasteiger partial charge on any atom is -0.256 e. The first-order valence-electron chi connectivity index (χ1n) is 5.46. The fourth-order valence-electron chi connectivity index (χ4n) is 1.67. The van der Waals surface area contributed by atoms with Crippen LogP contribution in [0.2, 0.25) is 0 Å². The van der Waals surface area contributed by atoms with Gasteiger partial charge in [-0.25, -0.2) is 13.1 Å². The van der Waals surface area contributed by atoms with Gasteiger partial charge in [-0.2, -0.15) is 0 Å². The van der Waals surface area contributed by atoms with Crippen LogP contribution in [0.1, 0.15) is 6.92 Å². The van der Waals surface area contributed by atoms with Gasteiger partial charge in [0.05, 0.1) is 10.4 Å². The Labute approximate surface area is 111 Å². The molecule has 6 heteroatoms. The van der Waals surface area contributed by atoms with Crippen LogP contribution in [0.4, 0.5) is 0 Å². The Bertz CT molecular complexity index is 653. The molecule has 1 aromatic carbocycles. The van der Waals surface area contributed by atoms with Crippen LogP contribution in [0.25, 0.3) is 10.9 Å². The SMILES string of the molecule is CC(CCl)NS(=O)(=O)c1cccc2ncccc12. The Kier molecular flexibility index (Phi) is 3.85. The molecule has 0 bridgehead atoms. The maximum absolute atomic E-state index is 12.2. The summed E-state index contributed by atoms with van der Waals surface area (Å²) in [6.07, 6.45) is 1.63. The van der Waals surface area contributed by atoms with E-state index < -0.39 is 10.0 Å². The highest BCUT2D eigenvalue weighted by molar-refractivity contribution is 7.89. The zero-order chi connectivity index (χ0) is 13.2. The van der Waals surface area contributed by atoms with Gasteiger partial charge in [0.1, 0.15) is 0 Å². The van der Waals surface area contributed by atoms with E-state index in [9.17, 15) is 8.42 Å². The summed E-state index contributed by atoms with van der Waals surface area (Å²) in [5, 5.41) is 0.606. The molecule has 0 amide bonds. The van der Waals surface area contributed by atoms with Crippen molar-refractivity contribution >= 4 is 32.5 Å². The van der Waals surface area contributed by atoms with Crippen LogP contribution in [0.15, 0.2) is 41.4 Å². The van der Waals surface area contributed by atoms with E-state index in [1.165, 1.54) is 0 Å². The maximum atomic E-state index is 12.2. The van der Waals surface area contributed by atoms with Gasteiger partial charge in [-0.15, -0.1) is 11.6 Å². The van der Waals surface area contributed by atoms with Crippen molar-refractivity contribution in [1.82, 2.24) is 9.71 Å². The average molecular weight is 285 g/mol. The number of alkyl halides is 1. The minimum atomic E-state index is -3.57. The van der Waals surface area contributed by atoms with Crippen LogP contribution < -0.4 is 4.72 Å². The Morgan fingerprint density at radius 3 is 2.83 bits per heavy atom. The molecule has 0 saturated carbocycles. The van der Waals surface area contributed by atoms with Gasteiger partial charge in [-0.1, -0.05) is 6.07 Å². The van der Waals surface area contributed by atoms with Gasteiger partial charge < -0.3 is 0 Å². The first kappa shape index (κ1) is 13.3. The summed E-state index contributed by atoms with van der Waals surface area (Å²) in [6, 6.07) is 8.15. The first-order chi connectivity index (χ1) is 8.54. The Morgan fingerprint density at radius 1 is 1.33 bits per heavy atom. The van der Waals surface area contributed by atoms with Crippen LogP contribution in [0.5, 0.6) is 0 Å². The number of fused-ring (bicyclic) bond motifs is 1. The number of sulfonamides is 1. The molecule has 1 atom stereocenters. The van der Waals surface area contributed by atoms with Crippen LogP contribution in [-0.4, -0.2) is 25.3 Å². The fourth-order valence-corrected chi connectivity index (χ4v) is 3.30. The molecule has 0 fully saturated rings. The van der Waals surface area contributed by atoms with Crippen LogP contribution >= 0.6 is 11.6 Å². The Morgan fingerprint density at radius 2 is 2.11 bits per heavy atom. The quantitative estimate of drug-likeness (QED) is 0.875. The summed E-state index contributed by atoms with van der Waals surface area (Å²) in [5.74, 6) is 0.224. The Hall–Kier alpha value is -1.17. The van der Waals surface area contributed by atoms with Crippen LogP contribution in [0.3, 0.4) is 0 Å². The summed E-state index contributed by atoms with van der Waals surface area (Å²) in [4.78, 5) is 4.36. The second-order valence-electron chi connectivity index (χ2n) is 4.00. The molecule has 2 aromatic rings. The highest BCUT2D eigenvalue weighted by Crippen LogP contribution is 2.21. The number of benzene rings is 1. The van der Waals surface area contributed by atoms with Crippen molar-refractivity contribution in [2.75, 3.05) is 5.88 Å². The normalized spacial score (nSPS) is 13.7. The van der Waals surface area contributed by atoms with E-state index in [0.717, 1.165) is 0 Å². The number of pyridine rings is 1. The fraction of sp³-hybridized carbons (Fsp3) is 0.250. The standard InChI is InChI=1S/C12H13ClN2O2S/c1-9(8-13)15-18(16,17)12-6-2-5-11-10(12)4-3-7-14-11/h2-7,9,15H,8H2,1H3. The van der Waals surface area contributed by atoms with Crippen molar-refractivity contribution in [3.05, 3.63) is 36.5 Å². The lowest BCUT2D eigenvalue weighted by Crippen LogP contribution is -2.33. The average Bonchev–Trinajstić information content (AvgIpc) is 2.37. The lowest BCUT2D eigenvalue weighted by Gasteiger charge is -2.12. The van der Waals surface area contributed by atoms with Gasteiger partial charge in [-0.05, 0) is 31.2 Å². The van der Waals surface area contributed by atoms with E-state index in [1.807, 2.05) is 0 Å². The molecule has 96 valence electrons. The van der Waals surface area contributed by atoms with E-state index in [1.54, 1.807) is 43.5 Å². The number of hydrogen-bond acceptors (Lipinski definition) is 3. The second kappa shape index (κ2) is 5.22. The summed E-state index contributed by atoms with van der Waals surface area (Å²) in [6.45, 7) is 1.72. The predicted octanol–water partition coefficient (Wildman–Crippen LogP) is 2.14. The van der Waals surface area contributed by atoms with E-state index in [0.29, 0.717) is 10.9 Å². The van der Waals surface area contributed by atoms with Crippen molar-refractivity contribution in [3.8, 4) is 0 Å². The molecule has 1 heterocycles. The monoisotopic (exact) mass is 284 g/mol. The van der Waals surface area contributed by atoms with E-state index in [-0.39, 0.29) is 16.8 Å². The lowest BCUT2D eigenvalue weighted by atomic mass is 10.2.